The van der Waals surface area contributed by atoms with E-state index in [0.717, 1.165) is 16.8 Å². The van der Waals surface area contributed by atoms with Gasteiger partial charge in [-0.2, -0.15) is 0 Å². The zero-order valence-corrected chi connectivity index (χ0v) is 14.9. The van der Waals surface area contributed by atoms with Crippen LogP contribution < -0.4 is 10.1 Å². The van der Waals surface area contributed by atoms with Crippen LogP contribution in [0.2, 0.25) is 0 Å². The van der Waals surface area contributed by atoms with E-state index in [0.29, 0.717) is 6.04 Å². The Morgan fingerprint density at radius 3 is 2.48 bits per heavy atom. The van der Waals surface area contributed by atoms with Crippen molar-refractivity contribution in [2.24, 2.45) is 0 Å². The lowest BCUT2D eigenvalue weighted by atomic mass is 9.96. The highest BCUT2D eigenvalue weighted by molar-refractivity contribution is 9.10. The molecule has 0 saturated heterocycles. The van der Waals surface area contributed by atoms with Gasteiger partial charge in [0, 0.05) is 22.6 Å². The van der Waals surface area contributed by atoms with Crippen molar-refractivity contribution < 1.29 is 4.74 Å². The van der Waals surface area contributed by atoms with Gasteiger partial charge in [-0.3, -0.25) is 0 Å². The molecule has 0 amide bonds. The van der Waals surface area contributed by atoms with E-state index < -0.39 is 0 Å². The van der Waals surface area contributed by atoms with Crippen molar-refractivity contribution in [2.75, 3.05) is 0 Å². The normalized spacial score (nSPS) is 17.5. The first-order valence-corrected chi connectivity index (χ1v) is 9.13. The summed E-state index contributed by atoms with van der Waals surface area (Å²) in [5.41, 5.74) is 1.25. The molecule has 1 saturated carbocycles. The molecule has 1 aliphatic carbocycles. The van der Waals surface area contributed by atoms with Crippen molar-refractivity contribution in [3.8, 4) is 5.75 Å². The number of benzene rings is 1. The van der Waals surface area contributed by atoms with Crippen LogP contribution in [0.1, 0.15) is 64.4 Å². The van der Waals surface area contributed by atoms with Gasteiger partial charge >= 0.3 is 0 Å². The molecule has 1 aromatic rings. The second-order valence-corrected chi connectivity index (χ2v) is 7.26. The van der Waals surface area contributed by atoms with Crippen molar-refractivity contribution in [1.82, 2.24) is 5.32 Å². The van der Waals surface area contributed by atoms with E-state index in [4.69, 9.17) is 4.74 Å². The molecule has 2 nitrogen and oxygen atoms in total. The fourth-order valence-electron chi connectivity index (χ4n) is 2.97. The van der Waals surface area contributed by atoms with Crippen LogP contribution in [-0.4, -0.2) is 12.1 Å². The summed E-state index contributed by atoms with van der Waals surface area (Å²) in [6.45, 7) is 5.05. The third kappa shape index (κ3) is 5.99. The number of hydrogen-bond acceptors (Lipinski definition) is 2. The third-order valence-electron chi connectivity index (χ3n) is 4.07. The van der Waals surface area contributed by atoms with Gasteiger partial charge in [0.15, 0.2) is 0 Å². The van der Waals surface area contributed by atoms with Crippen LogP contribution in [-0.2, 0) is 6.54 Å². The van der Waals surface area contributed by atoms with Gasteiger partial charge in [0.1, 0.15) is 5.75 Å². The average molecular weight is 354 g/mol. The van der Waals surface area contributed by atoms with Gasteiger partial charge < -0.3 is 10.1 Å². The van der Waals surface area contributed by atoms with Gasteiger partial charge in [-0.05, 0) is 44.9 Å². The zero-order valence-electron chi connectivity index (χ0n) is 13.3. The van der Waals surface area contributed by atoms with Crippen molar-refractivity contribution in [2.45, 2.75) is 77.5 Å². The molecule has 21 heavy (non-hydrogen) atoms. The molecule has 3 heteroatoms. The second kappa shape index (κ2) is 8.79. The highest BCUT2D eigenvalue weighted by Gasteiger charge is 2.12. The molecule has 1 fully saturated rings. The summed E-state index contributed by atoms with van der Waals surface area (Å²) in [6, 6.07) is 6.96. The first kappa shape index (κ1) is 16.8. The number of ether oxygens (including phenoxy) is 1. The van der Waals surface area contributed by atoms with Crippen LogP contribution in [0.25, 0.3) is 0 Å². The van der Waals surface area contributed by atoms with Crippen LogP contribution in [0.15, 0.2) is 22.7 Å². The minimum Gasteiger partial charge on any atom is -0.491 e. The third-order valence-corrected chi connectivity index (χ3v) is 4.56. The number of hydrogen-bond donors (Lipinski definition) is 1. The van der Waals surface area contributed by atoms with Gasteiger partial charge in [0.05, 0.1) is 6.10 Å². The molecule has 118 valence electrons. The highest BCUT2D eigenvalue weighted by Crippen LogP contribution is 2.25. The van der Waals surface area contributed by atoms with Crippen LogP contribution in [0.4, 0.5) is 0 Å². The predicted octanol–water partition coefficient (Wildman–Crippen LogP) is 5.44. The van der Waals surface area contributed by atoms with Crippen molar-refractivity contribution in [3.05, 3.63) is 28.2 Å². The minimum absolute atomic E-state index is 0.214. The fraction of sp³-hybridized carbons (Fsp3) is 0.667. The largest absolute Gasteiger partial charge is 0.491 e. The topological polar surface area (TPSA) is 21.3 Å². The molecule has 1 aromatic carbocycles. The lowest BCUT2D eigenvalue weighted by molar-refractivity contribution is 0.239. The predicted molar refractivity (Wildman–Crippen MR) is 92.9 cm³/mol. The first-order valence-electron chi connectivity index (χ1n) is 8.33. The van der Waals surface area contributed by atoms with Crippen LogP contribution in [0, 0.1) is 0 Å². The molecule has 1 aliphatic rings. The van der Waals surface area contributed by atoms with Crippen molar-refractivity contribution in [3.63, 3.8) is 0 Å². The van der Waals surface area contributed by atoms with Gasteiger partial charge in [0.25, 0.3) is 0 Å². The molecule has 1 N–H and O–H groups in total. The Labute approximate surface area is 137 Å². The highest BCUT2D eigenvalue weighted by atomic mass is 79.9. The average Bonchev–Trinajstić information content (AvgIpc) is 2.40. The zero-order chi connectivity index (χ0) is 15.1. The van der Waals surface area contributed by atoms with Crippen LogP contribution in [0.5, 0.6) is 5.75 Å². The molecule has 0 aromatic heterocycles. The van der Waals surface area contributed by atoms with E-state index in [1.54, 1.807) is 0 Å². The van der Waals surface area contributed by atoms with Gasteiger partial charge in [-0.15, -0.1) is 0 Å². The Bertz CT molecular complexity index is 425. The minimum atomic E-state index is 0.214. The molecule has 0 radical (unpaired) electrons. The lowest BCUT2D eigenvalue weighted by Gasteiger charge is -2.22. The number of nitrogens with one attached hydrogen (secondary N) is 1. The summed E-state index contributed by atoms with van der Waals surface area (Å²) in [6.07, 6.45) is 9.80. The Balaban J connectivity index is 1.95. The number of rotatable bonds is 5. The van der Waals surface area contributed by atoms with E-state index in [1.165, 1.54) is 50.5 Å². The molecule has 0 atom stereocenters. The monoisotopic (exact) mass is 353 g/mol. The van der Waals surface area contributed by atoms with E-state index >= 15 is 0 Å². The maximum atomic E-state index is 5.92. The Hall–Kier alpha value is -0.540. The fourth-order valence-corrected chi connectivity index (χ4v) is 3.38. The quantitative estimate of drug-likeness (QED) is 0.760. The maximum absolute atomic E-state index is 5.92. The summed E-state index contributed by atoms with van der Waals surface area (Å²) in [5, 5.41) is 3.75. The summed E-state index contributed by atoms with van der Waals surface area (Å²) in [7, 11) is 0. The van der Waals surface area contributed by atoms with E-state index in [-0.39, 0.29) is 6.10 Å². The number of halogens is 1. The van der Waals surface area contributed by atoms with Gasteiger partial charge in [-0.1, -0.05) is 48.0 Å². The Kier molecular flexibility index (Phi) is 7.05. The molecule has 0 unspecified atom stereocenters. The van der Waals surface area contributed by atoms with Crippen LogP contribution >= 0.6 is 15.9 Å². The summed E-state index contributed by atoms with van der Waals surface area (Å²) < 4.78 is 7.04. The van der Waals surface area contributed by atoms with E-state index in [1.807, 2.05) is 0 Å². The SMILES string of the molecule is CC(C)Oc1ccc(Br)cc1CNC1CCCCCCC1. The molecular weight excluding hydrogens is 326 g/mol. The molecule has 0 bridgehead atoms. The Morgan fingerprint density at radius 1 is 1.14 bits per heavy atom. The van der Waals surface area contributed by atoms with E-state index in [9.17, 15) is 0 Å². The smallest absolute Gasteiger partial charge is 0.124 e. The summed E-state index contributed by atoms with van der Waals surface area (Å²) in [5.74, 6) is 1.01. The Morgan fingerprint density at radius 2 is 1.81 bits per heavy atom. The molecule has 0 aliphatic heterocycles. The summed E-state index contributed by atoms with van der Waals surface area (Å²) in [4.78, 5) is 0. The second-order valence-electron chi connectivity index (χ2n) is 6.34. The van der Waals surface area contributed by atoms with Crippen LogP contribution in [0.3, 0.4) is 0 Å². The van der Waals surface area contributed by atoms with Gasteiger partial charge in [-0.25, -0.2) is 0 Å². The van der Waals surface area contributed by atoms with Crippen molar-refractivity contribution >= 4 is 15.9 Å². The summed E-state index contributed by atoms with van der Waals surface area (Å²) >= 11 is 3.57. The standard InChI is InChI=1S/C18H28BrNO/c1-14(2)21-18-11-10-16(19)12-15(18)13-20-17-8-6-4-3-5-7-9-17/h10-12,14,17,20H,3-9,13H2,1-2H3. The maximum Gasteiger partial charge on any atom is 0.124 e. The lowest BCUT2D eigenvalue weighted by Crippen LogP contribution is -2.29. The van der Waals surface area contributed by atoms with Crippen molar-refractivity contribution in [1.29, 1.82) is 0 Å². The molecule has 0 spiro atoms. The molecule has 0 heterocycles. The first-order chi connectivity index (χ1) is 10.1. The molecule has 2 rings (SSSR count). The molecular formula is C18H28BrNO. The van der Waals surface area contributed by atoms with E-state index in [2.05, 4.69) is 53.3 Å². The van der Waals surface area contributed by atoms with Gasteiger partial charge in [0.2, 0.25) is 0 Å².